The van der Waals surface area contributed by atoms with Crippen molar-refractivity contribution >= 4 is 42.1 Å². The molecular weight excluding hydrogens is 317 g/mol. The molecule has 0 radical (unpaired) electrons. The first-order valence-electron chi connectivity index (χ1n) is 6.53. The molecule has 7 heteroatoms. The van der Waals surface area contributed by atoms with Crippen LogP contribution in [-0.4, -0.2) is 23.0 Å². The Bertz CT molecular complexity index is 386. The summed E-state index contributed by atoms with van der Waals surface area (Å²) in [5.41, 5.74) is 6.36. The fourth-order valence-electron chi connectivity index (χ4n) is 1.86. The molecule has 0 spiro atoms. The minimum Gasteiger partial charge on any atom is -0.349 e. The molecule has 20 heavy (non-hydrogen) atoms. The molecule has 0 aromatic carbocycles. The highest BCUT2D eigenvalue weighted by Gasteiger charge is 2.26. The summed E-state index contributed by atoms with van der Waals surface area (Å²) in [7, 11) is 0. The molecule has 118 valence electrons. The van der Waals surface area contributed by atoms with E-state index >= 15 is 0 Å². The number of thiazole rings is 1. The maximum absolute atomic E-state index is 12.0. The van der Waals surface area contributed by atoms with E-state index in [-0.39, 0.29) is 36.3 Å². The number of aryl methyl sites for hydroxylation is 1. The third-order valence-electron chi connectivity index (χ3n) is 3.39. The summed E-state index contributed by atoms with van der Waals surface area (Å²) in [6.07, 6.45) is 2.97. The molecule has 0 bridgehead atoms. The molecule has 0 saturated heterocycles. The van der Waals surface area contributed by atoms with Gasteiger partial charge in [0.1, 0.15) is 0 Å². The second-order valence-corrected chi connectivity index (χ2v) is 5.45. The molecular formula is C13H25Cl2N3OS. The Balaban J connectivity index is 0. The molecule has 1 aromatic rings. The van der Waals surface area contributed by atoms with E-state index < -0.39 is 0 Å². The summed E-state index contributed by atoms with van der Waals surface area (Å²) in [6, 6.07) is 0. The van der Waals surface area contributed by atoms with Gasteiger partial charge in [0, 0.05) is 11.9 Å². The zero-order chi connectivity index (χ0) is 13.6. The quantitative estimate of drug-likeness (QED) is 0.801. The van der Waals surface area contributed by atoms with Crippen LogP contribution in [0.3, 0.4) is 0 Å². The van der Waals surface area contributed by atoms with Crippen LogP contribution in [0.5, 0.6) is 0 Å². The Morgan fingerprint density at radius 2 is 1.95 bits per heavy atom. The zero-order valence-corrected chi connectivity index (χ0v) is 14.7. The lowest BCUT2D eigenvalue weighted by molar-refractivity contribution is -0.122. The van der Waals surface area contributed by atoms with Gasteiger partial charge in [0.05, 0.1) is 22.7 Å². The van der Waals surface area contributed by atoms with Crippen molar-refractivity contribution in [2.24, 2.45) is 5.73 Å². The number of nitrogens with two attached hydrogens (primary N) is 1. The first-order chi connectivity index (χ1) is 8.59. The standard InChI is InChI=1S/C13H23N3OS.2ClH/c1-4-12-15-10(8-18-12)7-11(17)16-13(5-2,6-3)9-14;;/h8H,4-7,9,14H2,1-3H3,(H,16,17);2*1H. The number of hydrogen-bond donors (Lipinski definition) is 2. The smallest absolute Gasteiger partial charge is 0.226 e. The lowest BCUT2D eigenvalue weighted by atomic mass is 9.92. The van der Waals surface area contributed by atoms with Gasteiger partial charge in [0.2, 0.25) is 5.91 Å². The summed E-state index contributed by atoms with van der Waals surface area (Å²) < 4.78 is 0. The molecule has 0 aliphatic heterocycles. The van der Waals surface area contributed by atoms with Gasteiger partial charge in [-0.15, -0.1) is 36.2 Å². The van der Waals surface area contributed by atoms with Crippen LogP contribution in [0, 0.1) is 0 Å². The number of carbonyl (C=O) groups excluding carboxylic acids is 1. The zero-order valence-electron chi connectivity index (χ0n) is 12.3. The van der Waals surface area contributed by atoms with E-state index in [2.05, 4.69) is 31.1 Å². The topological polar surface area (TPSA) is 68.0 Å². The average Bonchev–Trinajstić information content (AvgIpc) is 2.83. The van der Waals surface area contributed by atoms with Crippen molar-refractivity contribution in [3.8, 4) is 0 Å². The van der Waals surface area contributed by atoms with Gasteiger partial charge in [-0.1, -0.05) is 20.8 Å². The van der Waals surface area contributed by atoms with Gasteiger partial charge in [-0.2, -0.15) is 0 Å². The molecule has 0 fully saturated rings. The van der Waals surface area contributed by atoms with Crippen LogP contribution in [0.15, 0.2) is 5.38 Å². The monoisotopic (exact) mass is 341 g/mol. The molecule has 1 aromatic heterocycles. The van der Waals surface area contributed by atoms with Crippen molar-refractivity contribution in [3.63, 3.8) is 0 Å². The maximum atomic E-state index is 12.0. The van der Waals surface area contributed by atoms with Crippen LogP contribution in [0.25, 0.3) is 0 Å². The van der Waals surface area contributed by atoms with Crippen LogP contribution in [0.2, 0.25) is 0 Å². The van der Waals surface area contributed by atoms with E-state index in [1.54, 1.807) is 11.3 Å². The predicted octanol–water partition coefficient (Wildman–Crippen LogP) is 2.73. The van der Waals surface area contributed by atoms with Crippen LogP contribution in [0.1, 0.15) is 44.3 Å². The molecule has 0 aliphatic carbocycles. The molecule has 1 amide bonds. The Kier molecular flexibility index (Phi) is 11.4. The van der Waals surface area contributed by atoms with Gasteiger partial charge in [-0.25, -0.2) is 4.98 Å². The summed E-state index contributed by atoms with van der Waals surface area (Å²) in [4.78, 5) is 16.4. The second-order valence-electron chi connectivity index (χ2n) is 4.50. The van der Waals surface area contributed by atoms with E-state index in [0.717, 1.165) is 30.0 Å². The molecule has 0 aliphatic rings. The third-order valence-corrected chi connectivity index (χ3v) is 4.43. The summed E-state index contributed by atoms with van der Waals surface area (Å²) in [6.45, 7) is 6.64. The van der Waals surface area contributed by atoms with Crippen LogP contribution in [0.4, 0.5) is 0 Å². The number of rotatable bonds is 7. The van der Waals surface area contributed by atoms with Gasteiger partial charge < -0.3 is 11.1 Å². The number of nitrogens with one attached hydrogen (secondary N) is 1. The first kappa shape index (κ1) is 21.9. The largest absolute Gasteiger partial charge is 0.349 e. The van der Waals surface area contributed by atoms with Crippen molar-refractivity contribution in [2.45, 2.75) is 52.0 Å². The van der Waals surface area contributed by atoms with Crippen molar-refractivity contribution in [2.75, 3.05) is 6.54 Å². The number of carbonyl (C=O) groups is 1. The highest BCUT2D eigenvalue weighted by molar-refractivity contribution is 7.09. The molecule has 0 atom stereocenters. The van der Waals surface area contributed by atoms with Crippen molar-refractivity contribution in [3.05, 3.63) is 16.1 Å². The van der Waals surface area contributed by atoms with Crippen molar-refractivity contribution < 1.29 is 4.79 Å². The molecule has 3 N–H and O–H groups in total. The summed E-state index contributed by atoms with van der Waals surface area (Å²) in [5, 5.41) is 6.09. The SMILES string of the molecule is CCc1nc(CC(=O)NC(CC)(CC)CN)cs1.Cl.Cl. The van der Waals surface area contributed by atoms with E-state index in [1.807, 2.05) is 5.38 Å². The van der Waals surface area contributed by atoms with Crippen LogP contribution >= 0.6 is 36.2 Å². The first-order valence-corrected chi connectivity index (χ1v) is 7.41. The molecule has 1 rings (SSSR count). The van der Waals surface area contributed by atoms with E-state index in [4.69, 9.17) is 5.73 Å². The minimum atomic E-state index is -0.263. The number of amides is 1. The summed E-state index contributed by atoms with van der Waals surface area (Å²) in [5.74, 6) is 0.0112. The predicted molar refractivity (Wildman–Crippen MR) is 90.2 cm³/mol. The normalized spacial score (nSPS) is 10.4. The number of nitrogens with zero attached hydrogens (tertiary/aromatic N) is 1. The highest BCUT2D eigenvalue weighted by atomic mass is 35.5. The molecule has 0 unspecified atom stereocenters. The number of hydrogen-bond acceptors (Lipinski definition) is 4. The van der Waals surface area contributed by atoms with Crippen LogP contribution < -0.4 is 11.1 Å². The van der Waals surface area contributed by atoms with Gasteiger partial charge in [0.15, 0.2) is 0 Å². The highest BCUT2D eigenvalue weighted by Crippen LogP contribution is 2.15. The Morgan fingerprint density at radius 1 is 1.35 bits per heavy atom. The van der Waals surface area contributed by atoms with E-state index in [0.29, 0.717) is 13.0 Å². The van der Waals surface area contributed by atoms with Gasteiger partial charge in [-0.05, 0) is 19.3 Å². The van der Waals surface area contributed by atoms with Gasteiger partial charge in [0.25, 0.3) is 0 Å². The Labute approximate surface area is 137 Å². The lowest BCUT2D eigenvalue weighted by Crippen LogP contribution is -2.53. The fourth-order valence-corrected chi connectivity index (χ4v) is 2.61. The maximum Gasteiger partial charge on any atom is 0.226 e. The Hall–Kier alpha value is -0.360. The third kappa shape index (κ3) is 5.95. The fraction of sp³-hybridized carbons (Fsp3) is 0.692. The lowest BCUT2D eigenvalue weighted by Gasteiger charge is -2.31. The molecule has 1 heterocycles. The molecule has 4 nitrogen and oxygen atoms in total. The van der Waals surface area contributed by atoms with Crippen molar-refractivity contribution in [1.29, 1.82) is 0 Å². The number of halogens is 2. The van der Waals surface area contributed by atoms with Crippen molar-refractivity contribution in [1.82, 2.24) is 10.3 Å². The van der Waals surface area contributed by atoms with E-state index in [1.165, 1.54) is 0 Å². The Morgan fingerprint density at radius 3 is 2.35 bits per heavy atom. The number of aromatic nitrogens is 1. The summed E-state index contributed by atoms with van der Waals surface area (Å²) >= 11 is 1.61. The molecule has 0 saturated carbocycles. The average molecular weight is 342 g/mol. The second kappa shape index (κ2) is 10.4. The van der Waals surface area contributed by atoms with E-state index in [9.17, 15) is 4.79 Å². The van der Waals surface area contributed by atoms with Gasteiger partial charge >= 0.3 is 0 Å². The van der Waals surface area contributed by atoms with Gasteiger partial charge in [-0.3, -0.25) is 4.79 Å². The minimum absolute atomic E-state index is 0. The van der Waals surface area contributed by atoms with Crippen LogP contribution in [-0.2, 0) is 17.6 Å².